The van der Waals surface area contributed by atoms with Crippen molar-refractivity contribution in [2.24, 2.45) is 5.92 Å². The average molecular weight is 311 g/mol. The van der Waals surface area contributed by atoms with Gasteiger partial charge in [-0.2, -0.15) is 13.2 Å². The molecule has 1 aromatic rings. The van der Waals surface area contributed by atoms with Crippen LogP contribution in [0, 0.1) is 17.6 Å². The second-order valence-electron chi connectivity index (χ2n) is 4.19. The first kappa shape index (κ1) is 16.9. The van der Waals surface area contributed by atoms with Crippen molar-refractivity contribution in [3.05, 3.63) is 35.4 Å². The molecule has 0 spiro atoms. The quantitative estimate of drug-likeness (QED) is 0.663. The minimum absolute atomic E-state index is 0.619. The lowest BCUT2D eigenvalue weighted by Crippen LogP contribution is -2.42. The second kappa shape index (κ2) is 6.06. The number of carbonyl (C=O) groups is 2. The molecule has 0 radical (unpaired) electrons. The highest BCUT2D eigenvalue weighted by atomic mass is 19.4. The third-order valence-electron chi connectivity index (χ3n) is 2.67. The van der Waals surface area contributed by atoms with Crippen molar-refractivity contribution in [2.45, 2.75) is 19.1 Å². The molecule has 0 aliphatic rings. The summed E-state index contributed by atoms with van der Waals surface area (Å²) < 4.78 is 65.1. The number of hydrogen-bond donors (Lipinski definition) is 2. The van der Waals surface area contributed by atoms with Crippen LogP contribution < -0.4 is 5.32 Å². The Bertz CT molecular complexity index is 558. The summed E-state index contributed by atoms with van der Waals surface area (Å²) in [4.78, 5) is 22.0. The lowest BCUT2D eigenvalue weighted by molar-refractivity contribution is -0.167. The smallest absolute Gasteiger partial charge is 0.412 e. The van der Waals surface area contributed by atoms with Gasteiger partial charge in [0.15, 0.2) is 17.7 Å². The third kappa shape index (κ3) is 3.89. The van der Waals surface area contributed by atoms with Gasteiger partial charge >= 0.3 is 12.1 Å². The minimum atomic E-state index is -5.12. The van der Waals surface area contributed by atoms with Crippen molar-refractivity contribution in [3.63, 3.8) is 0 Å². The maximum atomic E-state index is 13.4. The largest absolute Gasteiger partial charge is 0.481 e. The van der Waals surface area contributed by atoms with E-state index in [2.05, 4.69) is 0 Å². The van der Waals surface area contributed by atoms with E-state index in [1.54, 1.807) is 0 Å². The third-order valence-corrected chi connectivity index (χ3v) is 2.67. The Labute approximate surface area is 115 Å². The van der Waals surface area contributed by atoms with Crippen molar-refractivity contribution >= 4 is 11.9 Å². The zero-order valence-corrected chi connectivity index (χ0v) is 10.5. The van der Waals surface area contributed by atoms with E-state index < -0.39 is 47.2 Å². The first-order valence-electron chi connectivity index (χ1n) is 5.59. The summed E-state index contributed by atoms with van der Waals surface area (Å²) in [6.07, 6.45) is -5.12. The topological polar surface area (TPSA) is 66.4 Å². The molecule has 1 aromatic carbocycles. The predicted molar refractivity (Wildman–Crippen MR) is 60.1 cm³/mol. The fourth-order valence-electron chi connectivity index (χ4n) is 1.46. The number of benzene rings is 1. The molecule has 2 N–H and O–H groups in total. The van der Waals surface area contributed by atoms with Gasteiger partial charge in [-0.25, -0.2) is 8.78 Å². The maximum absolute atomic E-state index is 13.4. The number of carboxylic acids is 1. The van der Waals surface area contributed by atoms with E-state index in [1.165, 1.54) is 5.32 Å². The van der Waals surface area contributed by atoms with Gasteiger partial charge in [-0.05, 0) is 13.0 Å². The van der Waals surface area contributed by atoms with E-state index in [0.29, 0.717) is 12.1 Å². The molecule has 2 unspecified atom stereocenters. The summed E-state index contributed by atoms with van der Waals surface area (Å²) >= 11 is 0. The molecule has 0 heterocycles. The van der Waals surface area contributed by atoms with Crippen LogP contribution in [0.1, 0.15) is 18.5 Å². The molecule has 9 heteroatoms. The molecular weight excluding hydrogens is 301 g/mol. The Balaban J connectivity index is 3.17. The van der Waals surface area contributed by atoms with Crippen LogP contribution in [-0.2, 0) is 9.59 Å². The number of rotatable bonds is 4. The Morgan fingerprint density at radius 3 is 2.29 bits per heavy atom. The van der Waals surface area contributed by atoms with Crippen LogP contribution in [0.2, 0.25) is 0 Å². The lowest BCUT2D eigenvalue weighted by Gasteiger charge is -2.23. The SMILES string of the molecule is CC(C(=O)O)C(=O)NC(c1cccc(F)c1F)C(F)(F)F. The molecule has 4 nitrogen and oxygen atoms in total. The summed E-state index contributed by atoms with van der Waals surface area (Å²) in [5.74, 6) is -8.15. The highest BCUT2D eigenvalue weighted by Crippen LogP contribution is 2.34. The van der Waals surface area contributed by atoms with Crippen molar-refractivity contribution in [1.29, 1.82) is 0 Å². The van der Waals surface area contributed by atoms with E-state index in [4.69, 9.17) is 5.11 Å². The lowest BCUT2D eigenvalue weighted by atomic mass is 10.0. The Morgan fingerprint density at radius 1 is 1.24 bits per heavy atom. The fraction of sp³-hybridized carbons (Fsp3) is 0.333. The monoisotopic (exact) mass is 311 g/mol. The van der Waals surface area contributed by atoms with Crippen molar-refractivity contribution < 1.29 is 36.6 Å². The molecule has 0 aliphatic carbocycles. The fourth-order valence-corrected chi connectivity index (χ4v) is 1.46. The van der Waals surface area contributed by atoms with Gasteiger partial charge < -0.3 is 10.4 Å². The molecular formula is C12H10F5NO3. The molecule has 1 rings (SSSR count). The van der Waals surface area contributed by atoms with Crippen molar-refractivity contribution in [1.82, 2.24) is 5.32 Å². The minimum Gasteiger partial charge on any atom is -0.481 e. The highest BCUT2D eigenvalue weighted by molar-refractivity contribution is 5.96. The maximum Gasteiger partial charge on any atom is 0.412 e. The van der Waals surface area contributed by atoms with Crippen LogP contribution in [0.25, 0.3) is 0 Å². The molecule has 2 atom stereocenters. The Hall–Kier alpha value is -2.19. The summed E-state index contributed by atoms with van der Waals surface area (Å²) in [6, 6.07) is -0.724. The van der Waals surface area contributed by atoms with Gasteiger partial charge in [-0.15, -0.1) is 0 Å². The predicted octanol–water partition coefficient (Wildman–Crippen LogP) is 2.41. The summed E-state index contributed by atoms with van der Waals surface area (Å²) in [6.45, 7) is 0.868. The number of carbonyl (C=O) groups excluding carboxylic acids is 1. The average Bonchev–Trinajstić information content (AvgIpc) is 2.37. The van der Waals surface area contributed by atoms with E-state index >= 15 is 0 Å². The van der Waals surface area contributed by atoms with Gasteiger partial charge in [-0.1, -0.05) is 12.1 Å². The molecule has 0 saturated carbocycles. The van der Waals surface area contributed by atoms with Gasteiger partial charge in [0.1, 0.15) is 5.92 Å². The normalized spacial score (nSPS) is 14.4. The number of hydrogen-bond acceptors (Lipinski definition) is 2. The molecule has 0 fully saturated rings. The van der Waals surface area contributed by atoms with E-state index in [0.717, 1.165) is 13.0 Å². The molecule has 116 valence electrons. The van der Waals surface area contributed by atoms with Crippen molar-refractivity contribution in [2.75, 3.05) is 0 Å². The molecule has 0 aliphatic heterocycles. The Morgan fingerprint density at radius 2 is 1.81 bits per heavy atom. The van der Waals surface area contributed by atoms with Crippen molar-refractivity contribution in [3.8, 4) is 0 Å². The summed E-state index contributed by atoms with van der Waals surface area (Å²) in [5, 5.41) is 9.93. The molecule has 0 aromatic heterocycles. The first-order chi connectivity index (χ1) is 9.55. The van der Waals surface area contributed by atoms with Gasteiger partial charge in [0, 0.05) is 5.56 Å². The molecule has 0 saturated heterocycles. The molecule has 21 heavy (non-hydrogen) atoms. The van der Waals surface area contributed by atoms with Gasteiger partial charge in [0.2, 0.25) is 5.91 Å². The zero-order valence-electron chi connectivity index (χ0n) is 10.5. The van der Waals surface area contributed by atoms with Crippen LogP contribution >= 0.6 is 0 Å². The number of aliphatic carboxylic acids is 1. The number of amides is 1. The second-order valence-corrected chi connectivity index (χ2v) is 4.19. The van der Waals surface area contributed by atoms with Crippen LogP contribution in [0.5, 0.6) is 0 Å². The van der Waals surface area contributed by atoms with Gasteiger partial charge in [0.05, 0.1) is 0 Å². The number of nitrogens with one attached hydrogen (secondary N) is 1. The Kier molecular flexibility index (Phi) is 4.87. The van der Waals surface area contributed by atoms with E-state index in [-0.39, 0.29) is 0 Å². The number of alkyl halides is 3. The highest BCUT2D eigenvalue weighted by Gasteiger charge is 2.44. The standard InChI is InChI=1S/C12H10F5NO3/c1-5(11(20)21)10(19)18-9(12(15,16)17)6-3-2-4-7(13)8(6)14/h2-5,9H,1H3,(H,18,19)(H,20,21). The van der Waals surface area contributed by atoms with Crippen LogP contribution in [0.3, 0.4) is 0 Å². The number of halogens is 5. The molecule has 1 amide bonds. The van der Waals surface area contributed by atoms with Crippen LogP contribution in [0.15, 0.2) is 18.2 Å². The van der Waals surface area contributed by atoms with Gasteiger partial charge in [0.25, 0.3) is 0 Å². The van der Waals surface area contributed by atoms with E-state index in [9.17, 15) is 31.5 Å². The number of carboxylic acid groups (broad SMARTS) is 1. The van der Waals surface area contributed by atoms with Crippen LogP contribution in [0.4, 0.5) is 22.0 Å². The first-order valence-corrected chi connectivity index (χ1v) is 5.59. The van der Waals surface area contributed by atoms with E-state index in [1.807, 2.05) is 0 Å². The summed E-state index contributed by atoms with van der Waals surface area (Å²) in [5.41, 5.74) is -1.13. The van der Waals surface area contributed by atoms with Crippen LogP contribution in [-0.4, -0.2) is 23.2 Å². The molecule has 0 bridgehead atoms. The summed E-state index contributed by atoms with van der Waals surface area (Å²) in [7, 11) is 0. The zero-order chi connectivity index (χ0) is 16.4. The van der Waals surface area contributed by atoms with Gasteiger partial charge in [-0.3, -0.25) is 9.59 Å².